The molecule has 1 atom stereocenters. The fourth-order valence-corrected chi connectivity index (χ4v) is 4.93. The lowest BCUT2D eigenvalue weighted by molar-refractivity contribution is 0.238. The molecule has 0 radical (unpaired) electrons. The van der Waals surface area contributed by atoms with E-state index in [1.165, 1.54) is 12.1 Å². The number of hydrogen-bond donors (Lipinski definition) is 0. The minimum atomic E-state index is -0.581. The van der Waals surface area contributed by atoms with Crippen LogP contribution < -0.4 is 4.90 Å². The fourth-order valence-electron chi connectivity index (χ4n) is 4.93. The third-order valence-corrected chi connectivity index (χ3v) is 7.01. The smallest absolute Gasteiger partial charge is 0.206 e. The topological polar surface area (TPSA) is 48.1 Å². The van der Waals surface area contributed by atoms with Gasteiger partial charge in [0.2, 0.25) is 5.95 Å². The second-order valence-corrected chi connectivity index (χ2v) is 9.14. The molecule has 4 rings (SSSR count). The van der Waals surface area contributed by atoms with Crippen LogP contribution in [0.4, 0.5) is 10.3 Å². The molecule has 1 fully saturated rings. The zero-order valence-electron chi connectivity index (χ0n) is 19.3. The number of benzene rings is 2. The van der Waals surface area contributed by atoms with E-state index in [0.29, 0.717) is 0 Å². The quantitative estimate of drug-likeness (QED) is 0.540. The van der Waals surface area contributed by atoms with Crippen LogP contribution in [-0.2, 0) is 12.5 Å². The Hall–Kier alpha value is -2.91. The summed E-state index contributed by atoms with van der Waals surface area (Å²) in [4.78, 5) is 9.68. The number of fused-ring (bicyclic) bond motifs is 1. The summed E-state index contributed by atoms with van der Waals surface area (Å²) >= 11 is 0. The van der Waals surface area contributed by atoms with Crippen molar-refractivity contribution in [1.29, 1.82) is 5.26 Å². The average molecular weight is 434 g/mol. The number of aryl methyl sites for hydroxylation is 1. The highest BCUT2D eigenvalue weighted by Crippen LogP contribution is 2.36. The van der Waals surface area contributed by atoms with Crippen LogP contribution in [-0.4, -0.2) is 47.2 Å². The Labute approximate surface area is 190 Å². The lowest BCUT2D eigenvalue weighted by atomic mass is 9.70. The van der Waals surface area contributed by atoms with Gasteiger partial charge in [0.1, 0.15) is 5.82 Å². The van der Waals surface area contributed by atoms with Gasteiger partial charge in [-0.15, -0.1) is 0 Å². The molecule has 0 aliphatic carbocycles. The van der Waals surface area contributed by atoms with Crippen LogP contribution in [0.5, 0.6) is 0 Å². The number of aromatic nitrogens is 2. The van der Waals surface area contributed by atoms with E-state index < -0.39 is 5.41 Å². The van der Waals surface area contributed by atoms with Crippen molar-refractivity contribution in [2.75, 3.05) is 37.6 Å². The molecule has 3 aromatic rings. The van der Waals surface area contributed by atoms with E-state index >= 15 is 0 Å². The third kappa shape index (κ3) is 4.22. The van der Waals surface area contributed by atoms with Gasteiger partial charge in [0, 0.05) is 33.2 Å². The van der Waals surface area contributed by atoms with Crippen LogP contribution >= 0.6 is 0 Å². The Balaban J connectivity index is 1.35. The second kappa shape index (κ2) is 9.30. The predicted octanol–water partition coefficient (Wildman–Crippen LogP) is 4.73. The summed E-state index contributed by atoms with van der Waals surface area (Å²) in [5.41, 5.74) is 2.54. The summed E-state index contributed by atoms with van der Waals surface area (Å²) in [6, 6.07) is 17.3. The van der Waals surface area contributed by atoms with Gasteiger partial charge in [-0.25, -0.2) is 9.37 Å². The molecule has 0 bridgehead atoms. The first-order valence-electron chi connectivity index (χ1n) is 11.5. The molecule has 168 valence electrons. The molecular weight excluding hydrogens is 401 g/mol. The van der Waals surface area contributed by atoms with E-state index in [9.17, 15) is 9.65 Å². The van der Waals surface area contributed by atoms with Gasteiger partial charge in [0.05, 0.1) is 22.5 Å². The Bertz CT molecular complexity index is 1090. The summed E-state index contributed by atoms with van der Waals surface area (Å²) in [6.45, 7) is 9.01. The SMILES string of the molecule is CC(C)C(C#N)(CCCN1CCN(c2nc3ccccc3n2C)CC1)c1ccc(F)cc1. The van der Waals surface area contributed by atoms with Crippen molar-refractivity contribution in [2.24, 2.45) is 13.0 Å². The Kier molecular flexibility index (Phi) is 6.48. The van der Waals surface area contributed by atoms with Gasteiger partial charge < -0.3 is 9.47 Å². The van der Waals surface area contributed by atoms with E-state index in [0.717, 1.165) is 68.1 Å². The number of piperazine rings is 1. The van der Waals surface area contributed by atoms with E-state index in [2.05, 4.69) is 59.5 Å². The predicted molar refractivity (Wildman–Crippen MR) is 127 cm³/mol. The molecule has 5 nitrogen and oxygen atoms in total. The molecule has 2 aromatic carbocycles. The van der Waals surface area contributed by atoms with Gasteiger partial charge in [-0.2, -0.15) is 5.26 Å². The number of anilines is 1. The van der Waals surface area contributed by atoms with Gasteiger partial charge in [0.15, 0.2) is 0 Å². The maximum Gasteiger partial charge on any atom is 0.206 e. The normalized spacial score (nSPS) is 16.9. The molecule has 2 heterocycles. The van der Waals surface area contributed by atoms with E-state index in [4.69, 9.17) is 4.98 Å². The highest BCUT2D eigenvalue weighted by molar-refractivity contribution is 5.78. The molecule has 1 aliphatic rings. The Morgan fingerprint density at radius 3 is 2.38 bits per heavy atom. The highest BCUT2D eigenvalue weighted by atomic mass is 19.1. The van der Waals surface area contributed by atoms with Crippen LogP contribution in [0.3, 0.4) is 0 Å². The molecule has 1 unspecified atom stereocenters. The molecule has 0 amide bonds. The third-order valence-electron chi connectivity index (χ3n) is 7.01. The van der Waals surface area contributed by atoms with E-state index in [1.807, 2.05) is 6.07 Å². The summed E-state index contributed by atoms with van der Waals surface area (Å²) in [5.74, 6) is 0.931. The van der Waals surface area contributed by atoms with Crippen molar-refractivity contribution >= 4 is 17.0 Å². The first kappa shape index (κ1) is 22.3. The number of halogens is 1. The number of hydrogen-bond acceptors (Lipinski definition) is 4. The number of imidazole rings is 1. The number of nitrogens with zero attached hydrogens (tertiary/aromatic N) is 5. The number of nitriles is 1. The molecule has 6 heteroatoms. The van der Waals surface area contributed by atoms with Gasteiger partial charge in [-0.05, 0) is 55.1 Å². The molecular formula is C26H32FN5. The maximum atomic E-state index is 13.4. The lowest BCUT2D eigenvalue weighted by Crippen LogP contribution is -2.47. The fraction of sp³-hybridized carbons (Fsp3) is 0.462. The zero-order chi connectivity index (χ0) is 22.7. The van der Waals surface area contributed by atoms with Gasteiger partial charge in [0.25, 0.3) is 0 Å². The first-order chi connectivity index (χ1) is 15.4. The standard InChI is InChI=1S/C26H32FN5/c1-20(2)26(19-28,21-9-11-22(27)12-10-21)13-6-14-31-15-17-32(18-16-31)25-29-23-7-4-5-8-24(23)30(25)3/h4-5,7-12,20H,6,13-18H2,1-3H3. The maximum absolute atomic E-state index is 13.4. The van der Waals surface area contributed by atoms with Crippen molar-refractivity contribution < 1.29 is 4.39 Å². The molecule has 0 saturated carbocycles. The van der Waals surface area contributed by atoms with Crippen LogP contribution in [0.1, 0.15) is 32.3 Å². The largest absolute Gasteiger partial charge is 0.340 e. The van der Waals surface area contributed by atoms with Crippen molar-refractivity contribution in [1.82, 2.24) is 14.5 Å². The van der Waals surface area contributed by atoms with Crippen LogP contribution in [0, 0.1) is 23.1 Å². The molecule has 32 heavy (non-hydrogen) atoms. The first-order valence-corrected chi connectivity index (χ1v) is 11.5. The summed E-state index contributed by atoms with van der Waals surface area (Å²) < 4.78 is 15.6. The monoisotopic (exact) mass is 433 g/mol. The van der Waals surface area contributed by atoms with Crippen LogP contribution in [0.25, 0.3) is 11.0 Å². The van der Waals surface area contributed by atoms with Gasteiger partial charge in [-0.1, -0.05) is 38.1 Å². The van der Waals surface area contributed by atoms with E-state index in [1.54, 1.807) is 12.1 Å². The molecule has 0 N–H and O–H groups in total. The van der Waals surface area contributed by atoms with Crippen molar-refractivity contribution in [3.63, 3.8) is 0 Å². The zero-order valence-corrected chi connectivity index (χ0v) is 19.3. The highest BCUT2D eigenvalue weighted by Gasteiger charge is 2.35. The van der Waals surface area contributed by atoms with Crippen molar-refractivity contribution in [3.8, 4) is 6.07 Å². The van der Waals surface area contributed by atoms with Crippen molar-refractivity contribution in [2.45, 2.75) is 32.1 Å². The molecule has 0 spiro atoms. The minimum absolute atomic E-state index is 0.160. The summed E-state index contributed by atoms with van der Waals surface area (Å²) in [6.07, 6.45) is 1.72. The number of rotatable bonds is 7. The van der Waals surface area contributed by atoms with Crippen LogP contribution in [0.2, 0.25) is 0 Å². The average Bonchev–Trinajstić information content (AvgIpc) is 3.14. The van der Waals surface area contributed by atoms with Crippen molar-refractivity contribution in [3.05, 3.63) is 59.9 Å². The minimum Gasteiger partial charge on any atom is -0.340 e. The van der Waals surface area contributed by atoms with E-state index in [-0.39, 0.29) is 11.7 Å². The van der Waals surface area contributed by atoms with Gasteiger partial charge >= 0.3 is 0 Å². The Morgan fingerprint density at radius 2 is 1.75 bits per heavy atom. The van der Waals surface area contributed by atoms with Gasteiger partial charge in [-0.3, -0.25) is 4.90 Å². The molecule has 1 saturated heterocycles. The number of para-hydroxylation sites is 2. The summed E-state index contributed by atoms with van der Waals surface area (Å²) in [7, 11) is 2.08. The molecule has 1 aromatic heterocycles. The summed E-state index contributed by atoms with van der Waals surface area (Å²) in [5, 5.41) is 10.1. The lowest BCUT2D eigenvalue weighted by Gasteiger charge is -2.36. The Morgan fingerprint density at radius 1 is 1.06 bits per heavy atom. The van der Waals surface area contributed by atoms with Crippen LogP contribution in [0.15, 0.2) is 48.5 Å². The molecule has 1 aliphatic heterocycles. The second-order valence-electron chi connectivity index (χ2n) is 9.14.